The van der Waals surface area contributed by atoms with Gasteiger partial charge in [0.25, 0.3) is 0 Å². The van der Waals surface area contributed by atoms with Crippen LogP contribution in [0.25, 0.3) is 17.0 Å². The summed E-state index contributed by atoms with van der Waals surface area (Å²) in [7, 11) is -0.433. The first-order chi connectivity index (χ1) is 34.2. The zero-order chi connectivity index (χ0) is 55.1. The summed E-state index contributed by atoms with van der Waals surface area (Å²) in [5.74, 6) is -5.12. The molecule has 416 valence electrons. The number of likely N-dealkylation sites (N-methyl/N-ethyl adjacent to an activating group) is 1. The zero-order valence-electron chi connectivity index (χ0n) is 47.4. The van der Waals surface area contributed by atoms with Crippen molar-refractivity contribution in [2.24, 2.45) is 23.7 Å². The third kappa shape index (κ3) is 13.4. The number of aromatic nitrogens is 1. The van der Waals surface area contributed by atoms with Gasteiger partial charge in [0, 0.05) is 35.9 Å². The van der Waals surface area contributed by atoms with E-state index in [1.165, 1.54) is 6.92 Å². The van der Waals surface area contributed by atoms with Crippen LogP contribution in [0.4, 0.5) is 4.79 Å². The fourth-order valence-corrected chi connectivity index (χ4v) is 14.1. The summed E-state index contributed by atoms with van der Waals surface area (Å²) in [6.07, 6.45) is -2.02. The number of hydrogen-bond donors (Lipinski definition) is 3. The Labute approximate surface area is 442 Å². The molecule has 17 nitrogen and oxygen atoms in total. The predicted octanol–water partition coefficient (Wildman–Crippen LogP) is 8.21. The first-order valence-corrected chi connectivity index (χ1v) is 33.5. The summed E-state index contributed by atoms with van der Waals surface area (Å²) in [5, 5.41) is 28.3. The Morgan fingerprint density at radius 1 is 0.878 bits per heavy atom. The van der Waals surface area contributed by atoms with Gasteiger partial charge in [-0.15, -0.1) is 0 Å². The molecule has 4 fully saturated rings. The van der Waals surface area contributed by atoms with Crippen LogP contribution < -0.4 is 5.32 Å². The maximum atomic E-state index is 15.1. The van der Waals surface area contributed by atoms with Gasteiger partial charge in [0.05, 0.1) is 65.7 Å². The standard InChI is InChI=1S/C55H89N3O14Si2/c1-19-42-54(10)55(63,57-51(61)70-54)36(6)44(59)32(2)29-53(9,64-26-22-23-38-28-39-24-20-21-25-40(39)56-31-38)47(69-50-46(71-73(13,14)15)41(58(11)12)27-33(3)65-50)34(4)45(35(5)49(60)67-42)68-43-30-52(8,62)48(37(7)66-43)72-74(16,17)18/h20-25,28,31-37,41-43,45-48,50,62-63H,19,26-27,29-30H2,1-18H3,(H,57,61)/b23-22+/t32-,33-,34+,35-,36+,37+,41+,42-,43+,45+,46-,47-,48+,50+,52+,53-,54-,55?/m1/s1. The second kappa shape index (κ2) is 23.0. The topological polar surface area (TPSA) is 203 Å². The van der Waals surface area contributed by atoms with Crippen molar-refractivity contribution in [1.82, 2.24) is 15.2 Å². The number of Topliss-reactive ketones (excluding diaryl/α,β-unsaturated/α-hetero) is 1. The Balaban J connectivity index is 1.53. The van der Waals surface area contributed by atoms with E-state index in [1.54, 1.807) is 40.8 Å². The molecule has 1 unspecified atom stereocenters. The number of carbonyl (C=O) groups excluding carboxylic acids is 3. The Morgan fingerprint density at radius 3 is 2.16 bits per heavy atom. The van der Waals surface area contributed by atoms with Crippen molar-refractivity contribution in [2.75, 3.05) is 20.7 Å². The number of amides is 1. The zero-order valence-corrected chi connectivity index (χ0v) is 49.4. The van der Waals surface area contributed by atoms with Crippen LogP contribution in [0.5, 0.6) is 0 Å². The molecule has 2 aromatic rings. The van der Waals surface area contributed by atoms with E-state index in [0.29, 0.717) is 6.42 Å². The highest BCUT2D eigenvalue weighted by molar-refractivity contribution is 6.70. The van der Waals surface area contributed by atoms with Crippen molar-refractivity contribution < 1.29 is 66.6 Å². The predicted molar refractivity (Wildman–Crippen MR) is 287 cm³/mol. The summed E-state index contributed by atoms with van der Waals surface area (Å²) >= 11 is 0. The Hall–Kier alpha value is -3.19. The van der Waals surface area contributed by atoms with Gasteiger partial charge in [-0.25, -0.2) is 4.79 Å². The van der Waals surface area contributed by atoms with Gasteiger partial charge in [0.1, 0.15) is 18.0 Å². The minimum atomic E-state index is -2.31. The van der Waals surface area contributed by atoms with E-state index in [2.05, 4.69) is 54.5 Å². The summed E-state index contributed by atoms with van der Waals surface area (Å²) in [6.45, 7) is 30.2. The normalized spacial score (nSPS) is 40.1. The number of alkyl carbamates (subject to hydrolysis) is 1. The minimum Gasteiger partial charge on any atom is -0.458 e. The smallest absolute Gasteiger partial charge is 0.410 e. The second-order valence-corrected chi connectivity index (χ2v) is 33.4. The van der Waals surface area contributed by atoms with E-state index in [1.807, 2.05) is 84.3 Å². The number of nitrogens with one attached hydrogen (secondary N) is 1. The average Bonchev–Trinajstić information content (AvgIpc) is 3.54. The lowest BCUT2D eigenvalue weighted by Crippen LogP contribution is -2.67. The summed E-state index contributed by atoms with van der Waals surface area (Å²) < 4.78 is 60.9. The van der Waals surface area contributed by atoms with Crippen molar-refractivity contribution >= 4 is 51.5 Å². The molecule has 0 saturated carbocycles. The maximum Gasteiger partial charge on any atom is 0.410 e. The number of esters is 1. The number of hydrogen-bond acceptors (Lipinski definition) is 16. The van der Waals surface area contributed by atoms with Crippen molar-refractivity contribution in [3.63, 3.8) is 0 Å². The highest BCUT2D eigenvalue weighted by Crippen LogP contribution is 2.46. The van der Waals surface area contributed by atoms with E-state index in [9.17, 15) is 15.0 Å². The second-order valence-electron chi connectivity index (χ2n) is 24.5. The van der Waals surface area contributed by atoms with Crippen LogP contribution in [0, 0.1) is 23.7 Å². The number of ketones is 1. The highest BCUT2D eigenvalue weighted by atomic mass is 28.4. The molecule has 1 aromatic heterocycles. The largest absolute Gasteiger partial charge is 0.458 e. The molecular weight excluding hydrogens is 983 g/mol. The van der Waals surface area contributed by atoms with Crippen molar-refractivity contribution in [3.05, 3.63) is 48.2 Å². The van der Waals surface area contributed by atoms with Crippen LogP contribution in [-0.2, 0) is 51.6 Å². The number of para-hydroxylation sites is 1. The third-order valence-corrected chi connectivity index (χ3v) is 17.5. The van der Waals surface area contributed by atoms with E-state index in [0.717, 1.165) is 16.5 Å². The Morgan fingerprint density at radius 2 is 1.54 bits per heavy atom. The van der Waals surface area contributed by atoms with Crippen LogP contribution in [0.2, 0.25) is 39.3 Å². The number of rotatable bonds is 14. The van der Waals surface area contributed by atoms with E-state index in [4.69, 9.17) is 42.0 Å². The number of aliphatic hydroxyl groups is 2. The average molecular weight is 1070 g/mol. The summed E-state index contributed by atoms with van der Waals surface area (Å²) in [4.78, 5) is 50.2. The SMILES string of the molecule is CC[C@H]1OC(=O)[C@H](C)[C@@H](O[C@H]2C[C@](C)(O)[C@@H](O[Si](C)(C)C)[C@H](C)O2)[C@H](C)[C@@H](O[C@@H]2O[C@H](C)C[C@H](N(C)C)[C@H]2O[Si](C)(C)C)[C@](C)(OC/C=C/c2cnc3ccccc3c2)C[C@@H](C)C(=O)[C@H](C)C2(O)NC(=O)O[C@]12C. The fourth-order valence-electron chi connectivity index (χ4n) is 11.8. The molecule has 4 aliphatic heterocycles. The fraction of sp³-hybridized carbons (Fsp3) is 0.745. The maximum absolute atomic E-state index is 15.1. The lowest BCUT2D eigenvalue weighted by atomic mass is 9.71. The van der Waals surface area contributed by atoms with Crippen molar-refractivity contribution in [1.29, 1.82) is 0 Å². The molecule has 74 heavy (non-hydrogen) atoms. The first kappa shape index (κ1) is 60.0. The van der Waals surface area contributed by atoms with Gasteiger partial charge in [-0.3, -0.25) is 19.9 Å². The van der Waals surface area contributed by atoms with Crippen LogP contribution in [0.15, 0.2) is 42.6 Å². The molecular formula is C55H89N3O14Si2. The number of fused-ring (bicyclic) bond motifs is 2. The first-order valence-electron chi connectivity index (χ1n) is 26.7. The summed E-state index contributed by atoms with van der Waals surface area (Å²) in [6, 6.07) is 9.79. The van der Waals surface area contributed by atoms with Crippen LogP contribution in [0.3, 0.4) is 0 Å². The molecule has 19 heteroatoms. The molecule has 5 heterocycles. The molecule has 3 N–H and O–H groups in total. The van der Waals surface area contributed by atoms with E-state index >= 15 is 9.59 Å². The van der Waals surface area contributed by atoms with Crippen LogP contribution in [-0.4, -0.2) is 159 Å². The minimum absolute atomic E-state index is 0.00118. The third-order valence-electron chi connectivity index (χ3n) is 15.5. The number of nitrogens with zero attached hydrogens (tertiary/aromatic N) is 2. The lowest BCUT2D eigenvalue weighted by molar-refractivity contribution is -0.316. The molecule has 4 saturated heterocycles. The highest BCUT2D eigenvalue weighted by Gasteiger charge is 2.67. The number of benzene rings is 1. The van der Waals surface area contributed by atoms with Gasteiger partial charge in [-0.05, 0) is 132 Å². The number of cyclic esters (lactones) is 1. The molecule has 0 aliphatic carbocycles. The molecule has 0 radical (unpaired) electrons. The van der Waals surface area contributed by atoms with E-state index in [-0.39, 0.29) is 38.0 Å². The van der Waals surface area contributed by atoms with Crippen LogP contribution >= 0.6 is 0 Å². The lowest BCUT2D eigenvalue weighted by Gasteiger charge is -2.51. The molecule has 1 amide bonds. The van der Waals surface area contributed by atoms with Gasteiger partial charge in [0.15, 0.2) is 40.5 Å². The molecule has 0 bridgehead atoms. The summed E-state index contributed by atoms with van der Waals surface area (Å²) in [5.41, 5.74) is -5.30. The van der Waals surface area contributed by atoms with Gasteiger partial charge >= 0.3 is 12.1 Å². The number of ether oxygens (including phenoxy) is 7. The van der Waals surface area contributed by atoms with Crippen molar-refractivity contribution in [3.8, 4) is 0 Å². The molecule has 6 rings (SSSR count). The molecule has 18 atom stereocenters. The molecule has 4 aliphatic rings. The molecule has 0 spiro atoms. The van der Waals surface area contributed by atoms with Crippen LogP contribution in [0.1, 0.15) is 100 Å². The van der Waals surface area contributed by atoms with Crippen molar-refractivity contribution in [2.45, 2.75) is 218 Å². The monoisotopic (exact) mass is 1070 g/mol. The van der Waals surface area contributed by atoms with Gasteiger partial charge < -0.3 is 57.1 Å². The Bertz CT molecular complexity index is 2310. The van der Waals surface area contributed by atoms with E-state index < -0.39 is 130 Å². The Kier molecular flexibility index (Phi) is 18.7. The van der Waals surface area contributed by atoms with Gasteiger partial charge in [-0.1, -0.05) is 58.0 Å². The van der Waals surface area contributed by atoms with Gasteiger partial charge in [0.2, 0.25) is 0 Å². The van der Waals surface area contributed by atoms with Gasteiger partial charge in [-0.2, -0.15) is 0 Å². The number of carbonyl (C=O) groups is 3. The quantitative estimate of drug-likeness (QED) is 0.121. The number of pyridine rings is 1. The molecule has 1 aromatic carbocycles.